The summed E-state index contributed by atoms with van der Waals surface area (Å²) in [6.07, 6.45) is 3.59. The summed E-state index contributed by atoms with van der Waals surface area (Å²) in [5, 5.41) is 7.83. The third kappa shape index (κ3) is 5.16. The summed E-state index contributed by atoms with van der Waals surface area (Å²) in [5.41, 5.74) is 6.10. The average Bonchev–Trinajstić information content (AvgIpc) is 3.06. The molecule has 0 spiro atoms. The number of anilines is 1. The quantitative estimate of drug-likeness (QED) is 0.287. The van der Waals surface area contributed by atoms with Crippen molar-refractivity contribution in [3.8, 4) is 0 Å². The summed E-state index contributed by atoms with van der Waals surface area (Å²) in [4.78, 5) is 27.1. The molecule has 1 heterocycles. The molecular formula is C20H19IN4O2. The number of carbonyl (C=O) groups is 2. The number of H-pyrrole nitrogens is 1. The summed E-state index contributed by atoms with van der Waals surface area (Å²) in [6.45, 7) is 1.93. The van der Waals surface area contributed by atoms with Crippen molar-refractivity contribution < 1.29 is 9.59 Å². The van der Waals surface area contributed by atoms with E-state index in [2.05, 4.69) is 43.4 Å². The molecule has 3 rings (SSSR count). The molecule has 0 aliphatic rings. The van der Waals surface area contributed by atoms with E-state index in [4.69, 9.17) is 0 Å². The lowest BCUT2D eigenvalue weighted by Gasteiger charge is -2.08. The van der Waals surface area contributed by atoms with Gasteiger partial charge in [0.25, 0.3) is 0 Å². The molecule has 2 amide bonds. The first-order valence-corrected chi connectivity index (χ1v) is 9.55. The van der Waals surface area contributed by atoms with Gasteiger partial charge >= 0.3 is 0 Å². The Morgan fingerprint density at radius 3 is 2.74 bits per heavy atom. The number of aromatic nitrogens is 1. The molecule has 0 unspecified atom stereocenters. The van der Waals surface area contributed by atoms with E-state index >= 15 is 0 Å². The first-order valence-electron chi connectivity index (χ1n) is 8.47. The van der Waals surface area contributed by atoms with Crippen molar-refractivity contribution in [1.82, 2.24) is 10.4 Å². The molecule has 138 valence electrons. The maximum absolute atomic E-state index is 12.0. The van der Waals surface area contributed by atoms with Gasteiger partial charge in [0.1, 0.15) is 0 Å². The molecule has 1 aromatic heterocycles. The number of halogens is 1. The van der Waals surface area contributed by atoms with Gasteiger partial charge in [-0.3, -0.25) is 9.59 Å². The van der Waals surface area contributed by atoms with Crippen LogP contribution in [-0.4, -0.2) is 23.0 Å². The van der Waals surface area contributed by atoms with Crippen LogP contribution in [0.3, 0.4) is 0 Å². The van der Waals surface area contributed by atoms with Crippen LogP contribution in [0.25, 0.3) is 10.9 Å². The number of amides is 2. The smallest absolute Gasteiger partial charge is 0.240 e. The number of hydrogen-bond donors (Lipinski definition) is 3. The van der Waals surface area contributed by atoms with Crippen molar-refractivity contribution in [2.45, 2.75) is 19.8 Å². The van der Waals surface area contributed by atoms with E-state index in [-0.39, 0.29) is 24.7 Å². The predicted octanol–water partition coefficient (Wildman–Crippen LogP) is 3.95. The van der Waals surface area contributed by atoms with Gasteiger partial charge in [0, 0.05) is 44.8 Å². The Bertz CT molecular complexity index is 1010. The number of nitrogens with one attached hydrogen (secondary N) is 3. The molecule has 27 heavy (non-hydrogen) atoms. The first kappa shape index (κ1) is 19.1. The van der Waals surface area contributed by atoms with Crippen LogP contribution in [0.4, 0.5) is 5.69 Å². The fourth-order valence-electron chi connectivity index (χ4n) is 2.64. The van der Waals surface area contributed by atoms with E-state index in [1.165, 1.54) is 0 Å². The monoisotopic (exact) mass is 474 g/mol. The molecule has 0 fully saturated rings. The number of hydrogen-bond acceptors (Lipinski definition) is 3. The molecule has 6 nitrogen and oxygen atoms in total. The van der Waals surface area contributed by atoms with Crippen LogP contribution in [0, 0.1) is 10.5 Å². The van der Waals surface area contributed by atoms with Crippen LogP contribution in [0.2, 0.25) is 0 Å². The van der Waals surface area contributed by atoms with Gasteiger partial charge in [-0.25, -0.2) is 5.43 Å². The summed E-state index contributed by atoms with van der Waals surface area (Å²) in [7, 11) is 0. The number of carbonyl (C=O) groups excluding carboxylic acids is 2. The van der Waals surface area contributed by atoms with Crippen LogP contribution in [-0.2, 0) is 9.59 Å². The largest absolute Gasteiger partial charge is 0.361 e. The fourth-order valence-corrected chi connectivity index (χ4v) is 3.28. The van der Waals surface area contributed by atoms with Crippen molar-refractivity contribution in [3.05, 3.63) is 63.4 Å². The minimum Gasteiger partial charge on any atom is -0.361 e. The van der Waals surface area contributed by atoms with Crippen LogP contribution < -0.4 is 10.7 Å². The number of para-hydroxylation sites is 1. The highest BCUT2D eigenvalue weighted by atomic mass is 127. The second-order valence-corrected chi connectivity index (χ2v) is 7.34. The van der Waals surface area contributed by atoms with Crippen molar-refractivity contribution >= 4 is 57.2 Å². The van der Waals surface area contributed by atoms with E-state index < -0.39 is 0 Å². The maximum atomic E-state index is 12.0. The van der Waals surface area contributed by atoms with Gasteiger partial charge in [0.05, 0.1) is 6.21 Å². The lowest BCUT2D eigenvalue weighted by Crippen LogP contribution is -2.20. The molecule has 0 aliphatic heterocycles. The zero-order valence-corrected chi connectivity index (χ0v) is 16.9. The highest BCUT2D eigenvalue weighted by Crippen LogP contribution is 2.18. The molecule has 0 atom stereocenters. The zero-order chi connectivity index (χ0) is 19.2. The third-order valence-corrected chi connectivity index (χ3v) is 4.73. The number of benzene rings is 2. The highest BCUT2D eigenvalue weighted by molar-refractivity contribution is 14.1. The van der Waals surface area contributed by atoms with Crippen molar-refractivity contribution in [2.75, 3.05) is 5.32 Å². The number of hydrazone groups is 1. The van der Waals surface area contributed by atoms with Gasteiger partial charge in [-0.1, -0.05) is 18.2 Å². The summed E-state index contributed by atoms with van der Waals surface area (Å²) in [6, 6.07) is 13.6. The Kier molecular flexibility index (Phi) is 6.23. The molecule has 7 heteroatoms. The molecule has 0 radical (unpaired) electrons. The average molecular weight is 474 g/mol. The lowest BCUT2D eigenvalue weighted by molar-refractivity contribution is -0.124. The highest BCUT2D eigenvalue weighted by Gasteiger charge is 2.08. The second-order valence-electron chi connectivity index (χ2n) is 6.09. The summed E-state index contributed by atoms with van der Waals surface area (Å²) in [5.74, 6) is -0.504. The second kappa shape index (κ2) is 8.81. The van der Waals surface area contributed by atoms with E-state index in [9.17, 15) is 9.59 Å². The van der Waals surface area contributed by atoms with Crippen LogP contribution in [0.5, 0.6) is 0 Å². The van der Waals surface area contributed by atoms with Gasteiger partial charge in [0.15, 0.2) is 0 Å². The number of aryl methyl sites for hydroxylation is 1. The van der Waals surface area contributed by atoms with Crippen molar-refractivity contribution in [1.29, 1.82) is 0 Å². The normalized spacial score (nSPS) is 11.0. The zero-order valence-electron chi connectivity index (χ0n) is 14.8. The Balaban J connectivity index is 1.47. The first-order chi connectivity index (χ1) is 13.0. The molecule has 0 aliphatic carbocycles. The Hall–Kier alpha value is -2.68. The molecular weight excluding hydrogens is 455 g/mol. The van der Waals surface area contributed by atoms with Crippen LogP contribution >= 0.6 is 22.6 Å². The van der Waals surface area contributed by atoms with Crippen molar-refractivity contribution in [3.63, 3.8) is 0 Å². The van der Waals surface area contributed by atoms with Crippen molar-refractivity contribution in [2.24, 2.45) is 5.10 Å². The van der Waals surface area contributed by atoms with Gasteiger partial charge < -0.3 is 10.3 Å². The van der Waals surface area contributed by atoms with E-state index in [1.807, 2.05) is 55.6 Å². The van der Waals surface area contributed by atoms with E-state index in [0.29, 0.717) is 0 Å². The molecule has 0 bridgehead atoms. The maximum Gasteiger partial charge on any atom is 0.240 e. The summed E-state index contributed by atoms with van der Waals surface area (Å²) >= 11 is 2.22. The minimum absolute atomic E-state index is 0.0699. The van der Waals surface area contributed by atoms with Gasteiger partial charge in [-0.15, -0.1) is 0 Å². The molecule has 2 aromatic carbocycles. The lowest BCUT2D eigenvalue weighted by atomic mass is 10.2. The third-order valence-electron chi connectivity index (χ3n) is 4.06. The molecule has 0 saturated heterocycles. The number of nitrogens with zero attached hydrogens (tertiary/aromatic N) is 1. The van der Waals surface area contributed by atoms with E-state index in [0.717, 1.165) is 31.3 Å². The SMILES string of the molecule is Cc1cc(I)ccc1NC(=O)CCC(=O)NN=Cc1c[nH]c2ccccc12. The van der Waals surface area contributed by atoms with Crippen LogP contribution in [0.1, 0.15) is 24.0 Å². The van der Waals surface area contributed by atoms with Gasteiger partial charge in [-0.2, -0.15) is 5.10 Å². The minimum atomic E-state index is -0.305. The fraction of sp³-hybridized carbons (Fsp3) is 0.150. The molecule has 3 aromatic rings. The molecule has 0 saturated carbocycles. The predicted molar refractivity (Wildman–Crippen MR) is 116 cm³/mol. The number of rotatable bonds is 6. The summed E-state index contributed by atoms with van der Waals surface area (Å²) < 4.78 is 1.11. The van der Waals surface area contributed by atoms with Crippen LogP contribution in [0.15, 0.2) is 53.8 Å². The molecule has 3 N–H and O–H groups in total. The Morgan fingerprint density at radius 2 is 1.93 bits per heavy atom. The van der Waals surface area contributed by atoms with E-state index in [1.54, 1.807) is 6.21 Å². The number of aromatic amines is 1. The Morgan fingerprint density at radius 1 is 1.15 bits per heavy atom. The Labute approximate surface area is 170 Å². The van der Waals surface area contributed by atoms with Gasteiger partial charge in [0.2, 0.25) is 11.8 Å². The number of fused-ring (bicyclic) bond motifs is 1. The van der Waals surface area contributed by atoms with Gasteiger partial charge in [-0.05, 0) is 59.3 Å². The topological polar surface area (TPSA) is 86.3 Å². The standard InChI is InChI=1S/C20H19IN4O2/c1-13-10-15(21)6-7-17(13)24-19(26)8-9-20(27)25-23-12-14-11-22-18-5-3-2-4-16(14)18/h2-7,10-12,22H,8-9H2,1H3,(H,24,26)(H,25,27).